The first kappa shape index (κ1) is 17.4. The van der Waals surface area contributed by atoms with E-state index in [2.05, 4.69) is 4.74 Å². The molecule has 0 bridgehead atoms. The van der Waals surface area contributed by atoms with E-state index in [0.717, 1.165) is 30.9 Å². The first-order valence-electron chi connectivity index (χ1n) is 6.62. The predicted octanol–water partition coefficient (Wildman–Crippen LogP) is 2.46. The number of nitro benzene ring substituents is 1. The van der Waals surface area contributed by atoms with E-state index in [-0.39, 0.29) is 10.5 Å². The highest BCUT2D eigenvalue weighted by Gasteiger charge is 2.25. The fourth-order valence-electron chi connectivity index (χ4n) is 1.85. The quantitative estimate of drug-likeness (QED) is 0.352. The Bertz CT molecular complexity index is 889. The van der Waals surface area contributed by atoms with Crippen LogP contribution in [0.5, 0.6) is 5.75 Å². The van der Waals surface area contributed by atoms with Gasteiger partial charge < -0.3 is 8.92 Å². The average Bonchev–Trinajstić information content (AvgIpc) is 2.53. The van der Waals surface area contributed by atoms with Gasteiger partial charge in [-0.05, 0) is 25.1 Å². The van der Waals surface area contributed by atoms with Crippen molar-refractivity contribution in [3.05, 3.63) is 63.7 Å². The second-order valence-corrected chi connectivity index (χ2v) is 6.33. The molecule has 8 nitrogen and oxygen atoms in total. The van der Waals surface area contributed by atoms with Gasteiger partial charge in [0.2, 0.25) is 5.75 Å². The van der Waals surface area contributed by atoms with Crippen molar-refractivity contribution in [3.8, 4) is 5.75 Å². The van der Waals surface area contributed by atoms with Crippen molar-refractivity contribution >= 4 is 21.8 Å². The molecule has 2 aromatic carbocycles. The van der Waals surface area contributed by atoms with Crippen LogP contribution >= 0.6 is 0 Å². The van der Waals surface area contributed by atoms with Crippen molar-refractivity contribution in [2.45, 2.75) is 11.8 Å². The van der Waals surface area contributed by atoms with Crippen molar-refractivity contribution in [1.29, 1.82) is 0 Å². The van der Waals surface area contributed by atoms with Crippen molar-refractivity contribution in [3.63, 3.8) is 0 Å². The number of carbonyl (C=O) groups is 1. The summed E-state index contributed by atoms with van der Waals surface area (Å²) in [4.78, 5) is 21.6. The highest BCUT2D eigenvalue weighted by molar-refractivity contribution is 7.87. The molecule has 0 unspecified atom stereocenters. The minimum Gasteiger partial charge on any atom is -0.465 e. The van der Waals surface area contributed by atoms with Crippen LogP contribution in [0, 0.1) is 17.0 Å². The van der Waals surface area contributed by atoms with Gasteiger partial charge in [-0.1, -0.05) is 17.7 Å². The van der Waals surface area contributed by atoms with Gasteiger partial charge in [0, 0.05) is 12.1 Å². The van der Waals surface area contributed by atoms with E-state index >= 15 is 0 Å². The Hall–Kier alpha value is -2.94. The van der Waals surface area contributed by atoms with Crippen LogP contribution in [0.4, 0.5) is 5.69 Å². The van der Waals surface area contributed by atoms with Gasteiger partial charge in [-0.25, -0.2) is 4.79 Å². The second kappa shape index (κ2) is 6.67. The van der Waals surface area contributed by atoms with Crippen LogP contribution in [-0.4, -0.2) is 26.4 Å². The third kappa shape index (κ3) is 3.69. The molecular weight excluding hydrogens is 338 g/mol. The SMILES string of the molecule is COC(=O)c1ccc([N+](=O)[O-])c(OS(=O)(=O)c2ccc(C)cc2)c1. The normalized spacial score (nSPS) is 10.9. The molecule has 2 aromatic rings. The summed E-state index contributed by atoms with van der Waals surface area (Å²) in [5.41, 5.74) is 0.183. The van der Waals surface area contributed by atoms with Crippen molar-refractivity contribution in [2.24, 2.45) is 0 Å². The van der Waals surface area contributed by atoms with Gasteiger partial charge in [0.05, 0.1) is 17.6 Å². The van der Waals surface area contributed by atoms with Crippen molar-refractivity contribution in [2.75, 3.05) is 7.11 Å². The van der Waals surface area contributed by atoms with E-state index < -0.39 is 32.4 Å². The molecule has 0 saturated heterocycles. The molecule has 9 heteroatoms. The van der Waals surface area contributed by atoms with Crippen LogP contribution < -0.4 is 4.18 Å². The van der Waals surface area contributed by atoms with E-state index in [0.29, 0.717) is 0 Å². The summed E-state index contributed by atoms with van der Waals surface area (Å²) in [6.07, 6.45) is 0. The third-order valence-electron chi connectivity index (χ3n) is 3.09. The van der Waals surface area contributed by atoms with Crippen LogP contribution in [0.1, 0.15) is 15.9 Å². The maximum atomic E-state index is 12.3. The number of ether oxygens (including phenoxy) is 1. The number of benzene rings is 2. The number of hydrogen-bond acceptors (Lipinski definition) is 7. The van der Waals surface area contributed by atoms with Crippen molar-refractivity contribution < 1.29 is 27.1 Å². The Morgan fingerprint density at radius 2 is 1.75 bits per heavy atom. The summed E-state index contributed by atoms with van der Waals surface area (Å²) in [5, 5.41) is 11.1. The summed E-state index contributed by atoms with van der Waals surface area (Å²) in [5.74, 6) is -1.34. The Morgan fingerprint density at radius 3 is 2.29 bits per heavy atom. The van der Waals surface area contributed by atoms with Crippen molar-refractivity contribution in [1.82, 2.24) is 0 Å². The summed E-state index contributed by atoms with van der Waals surface area (Å²) in [6, 6.07) is 8.85. The summed E-state index contributed by atoms with van der Waals surface area (Å²) < 4.78 is 33.9. The van der Waals surface area contributed by atoms with E-state index in [1.54, 1.807) is 19.1 Å². The predicted molar refractivity (Wildman–Crippen MR) is 83.4 cm³/mol. The maximum Gasteiger partial charge on any atom is 0.339 e. The summed E-state index contributed by atoms with van der Waals surface area (Å²) in [7, 11) is -3.16. The summed E-state index contributed by atoms with van der Waals surface area (Å²) >= 11 is 0. The lowest BCUT2D eigenvalue weighted by Crippen LogP contribution is -2.12. The van der Waals surface area contributed by atoms with Crippen LogP contribution in [0.15, 0.2) is 47.4 Å². The van der Waals surface area contributed by atoms with Gasteiger partial charge in [-0.2, -0.15) is 8.42 Å². The number of esters is 1. The van der Waals surface area contributed by atoms with Crippen LogP contribution in [0.25, 0.3) is 0 Å². The summed E-state index contributed by atoms with van der Waals surface area (Å²) in [6.45, 7) is 1.78. The number of hydrogen-bond donors (Lipinski definition) is 0. The molecule has 0 amide bonds. The van der Waals surface area contributed by atoms with E-state index in [1.807, 2.05) is 0 Å². The standard InChI is InChI=1S/C15H13NO7S/c1-10-3-6-12(7-4-10)24(20,21)23-14-9-11(15(17)22-2)5-8-13(14)16(18)19/h3-9H,1-2H3. The molecule has 0 saturated carbocycles. The molecule has 0 atom stereocenters. The number of nitro groups is 1. The Kier molecular flexibility index (Phi) is 4.84. The van der Waals surface area contributed by atoms with Gasteiger partial charge in [0.25, 0.3) is 0 Å². The lowest BCUT2D eigenvalue weighted by Gasteiger charge is -2.09. The highest BCUT2D eigenvalue weighted by Crippen LogP contribution is 2.31. The number of aryl methyl sites for hydroxylation is 1. The van der Waals surface area contributed by atoms with E-state index in [4.69, 9.17) is 4.18 Å². The first-order valence-corrected chi connectivity index (χ1v) is 8.03. The zero-order chi connectivity index (χ0) is 17.9. The van der Waals surface area contributed by atoms with Gasteiger partial charge >= 0.3 is 21.8 Å². The molecule has 0 heterocycles. The van der Waals surface area contributed by atoms with Gasteiger partial charge in [-0.3, -0.25) is 10.1 Å². The van der Waals surface area contributed by atoms with Gasteiger partial charge in [0.15, 0.2) is 0 Å². The van der Waals surface area contributed by atoms with Gasteiger partial charge in [-0.15, -0.1) is 0 Å². The Morgan fingerprint density at radius 1 is 1.12 bits per heavy atom. The molecule has 0 aliphatic carbocycles. The molecule has 0 fully saturated rings. The lowest BCUT2D eigenvalue weighted by molar-refractivity contribution is -0.385. The van der Waals surface area contributed by atoms with Crippen LogP contribution in [0.2, 0.25) is 0 Å². The molecule has 2 rings (SSSR count). The molecule has 0 aliphatic heterocycles. The smallest absolute Gasteiger partial charge is 0.339 e. The molecule has 0 spiro atoms. The molecule has 126 valence electrons. The fraction of sp³-hybridized carbons (Fsp3) is 0.133. The monoisotopic (exact) mass is 351 g/mol. The number of rotatable bonds is 5. The molecule has 0 aliphatic rings. The second-order valence-electron chi connectivity index (χ2n) is 4.78. The minimum absolute atomic E-state index is 0.0720. The highest BCUT2D eigenvalue weighted by atomic mass is 32.2. The molecule has 0 aromatic heterocycles. The topological polar surface area (TPSA) is 113 Å². The molecule has 24 heavy (non-hydrogen) atoms. The number of carbonyl (C=O) groups excluding carboxylic acids is 1. The zero-order valence-electron chi connectivity index (χ0n) is 12.8. The molecular formula is C15H13NO7S. The average molecular weight is 351 g/mol. The largest absolute Gasteiger partial charge is 0.465 e. The van der Waals surface area contributed by atoms with Crippen LogP contribution in [-0.2, 0) is 14.9 Å². The fourth-order valence-corrected chi connectivity index (χ4v) is 2.78. The maximum absolute atomic E-state index is 12.3. The minimum atomic E-state index is -4.29. The van der Waals surface area contributed by atoms with Gasteiger partial charge in [0.1, 0.15) is 4.90 Å². The third-order valence-corrected chi connectivity index (χ3v) is 4.34. The van der Waals surface area contributed by atoms with Crippen LogP contribution in [0.3, 0.4) is 0 Å². The molecule has 0 radical (unpaired) electrons. The zero-order valence-corrected chi connectivity index (χ0v) is 13.6. The number of nitrogens with zero attached hydrogens (tertiary/aromatic N) is 1. The first-order chi connectivity index (χ1) is 11.2. The van der Waals surface area contributed by atoms with E-state index in [1.165, 1.54) is 12.1 Å². The van der Waals surface area contributed by atoms with E-state index in [9.17, 15) is 23.3 Å². The Balaban J connectivity index is 2.48. The number of methoxy groups -OCH3 is 1. The lowest BCUT2D eigenvalue weighted by atomic mass is 10.2. The molecule has 0 N–H and O–H groups in total. The Labute approximate surface area is 137 Å².